The summed E-state index contributed by atoms with van der Waals surface area (Å²) >= 11 is 0. The highest BCUT2D eigenvalue weighted by atomic mass is 31.2. The molecule has 0 aromatic rings. The zero-order valence-electron chi connectivity index (χ0n) is 14.0. The van der Waals surface area contributed by atoms with Gasteiger partial charge in [0.15, 0.2) is 0 Å². The van der Waals surface area contributed by atoms with E-state index in [1.54, 1.807) is 0 Å². The monoisotopic (exact) mass is 306 g/mol. The van der Waals surface area contributed by atoms with Crippen LogP contribution in [0.25, 0.3) is 0 Å². The Morgan fingerprint density at radius 1 is 0.800 bits per heavy atom. The Kier molecular flexibility index (Phi) is 13.0. The minimum absolute atomic E-state index is 0.466. The van der Waals surface area contributed by atoms with Crippen LogP contribution in [0.2, 0.25) is 0 Å². The molecule has 0 N–H and O–H groups in total. The van der Waals surface area contributed by atoms with E-state index in [2.05, 4.69) is 13.8 Å². The standard InChI is InChI=1S/C16H35O3P/c1-5-9-11-12-14-16(13-10-6-2)15-20(17,18-7-3)19-8-4/h16H,5-15H2,1-4H3. The van der Waals surface area contributed by atoms with Gasteiger partial charge in [0.25, 0.3) is 0 Å². The van der Waals surface area contributed by atoms with Crippen LogP contribution in [-0.4, -0.2) is 19.4 Å². The Balaban J connectivity index is 4.37. The second-order valence-electron chi connectivity index (χ2n) is 5.49. The molecule has 0 amide bonds. The average Bonchev–Trinajstić information content (AvgIpc) is 2.41. The SMILES string of the molecule is CCCCCCC(CCCC)CP(=O)(OCC)OCC. The lowest BCUT2D eigenvalue weighted by molar-refractivity contribution is 0.213. The van der Waals surface area contributed by atoms with Crippen molar-refractivity contribution in [3.05, 3.63) is 0 Å². The van der Waals surface area contributed by atoms with Gasteiger partial charge in [-0.25, -0.2) is 0 Å². The number of hydrogen-bond acceptors (Lipinski definition) is 3. The molecule has 0 radical (unpaired) electrons. The fourth-order valence-corrected chi connectivity index (χ4v) is 4.60. The summed E-state index contributed by atoms with van der Waals surface area (Å²) in [6, 6.07) is 0. The molecule has 0 bridgehead atoms. The maximum absolute atomic E-state index is 12.6. The molecule has 0 heterocycles. The van der Waals surface area contributed by atoms with E-state index in [1.807, 2.05) is 13.8 Å². The molecule has 20 heavy (non-hydrogen) atoms. The first-order chi connectivity index (χ1) is 9.61. The molecule has 1 unspecified atom stereocenters. The van der Waals surface area contributed by atoms with E-state index in [4.69, 9.17) is 9.05 Å². The van der Waals surface area contributed by atoms with Gasteiger partial charge in [0, 0.05) is 0 Å². The first-order valence-electron chi connectivity index (χ1n) is 8.49. The second-order valence-corrected chi connectivity index (χ2v) is 7.59. The van der Waals surface area contributed by atoms with Crippen LogP contribution in [0.1, 0.15) is 79.1 Å². The minimum Gasteiger partial charge on any atom is -0.309 e. The van der Waals surface area contributed by atoms with Crippen LogP contribution >= 0.6 is 7.60 Å². The average molecular weight is 306 g/mol. The molecule has 4 heteroatoms. The molecule has 0 aliphatic heterocycles. The fraction of sp³-hybridized carbons (Fsp3) is 1.00. The van der Waals surface area contributed by atoms with Crippen molar-refractivity contribution >= 4 is 7.60 Å². The number of hydrogen-bond donors (Lipinski definition) is 0. The molecule has 0 saturated heterocycles. The lowest BCUT2D eigenvalue weighted by Gasteiger charge is -2.23. The first kappa shape index (κ1) is 20.1. The van der Waals surface area contributed by atoms with Gasteiger partial charge in [-0.1, -0.05) is 52.4 Å². The summed E-state index contributed by atoms with van der Waals surface area (Å²) < 4.78 is 23.5. The van der Waals surface area contributed by atoms with Crippen LogP contribution in [0.5, 0.6) is 0 Å². The van der Waals surface area contributed by atoms with E-state index in [-0.39, 0.29) is 0 Å². The van der Waals surface area contributed by atoms with Crippen LogP contribution < -0.4 is 0 Å². The van der Waals surface area contributed by atoms with E-state index < -0.39 is 7.60 Å². The summed E-state index contributed by atoms with van der Waals surface area (Å²) in [6.45, 7) is 9.13. The van der Waals surface area contributed by atoms with Gasteiger partial charge in [0.2, 0.25) is 0 Å². The van der Waals surface area contributed by atoms with Gasteiger partial charge in [0.1, 0.15) is 0 Å². The fourth-order valence-electron chi connectivity index (χ4n) is 2.53. The summed E-state index contributed by atoms with van der Waals surface area (Å²) in [5, 5.41) is 0. The van der Waals surface area contributed by atoms with Crippen LogP contribution in [-0.2, 0) is 13.6 Å². The van der Waals surface area contributed by atoms with Crippen molar-refractivity contribution in [2.75, 3.05) is 19.4 Å². The van der Waals surface area contributed by atoms with Crippen molar-refractivity contribution < 1.29 is 13.6 Å². The Bertz CT molecular complexity index is 246. The summed E-state index contributed by atoms with van der Waals surface area (Å²) in [5.74, 6) is 0.482. The van der Waals surface area contributed by atoms with Gasteiger partial charge < -0.3 is 9.05 Å². The second kappa shape index (κ2) is 12.9. The van der Waals surface area contributed by atoms with Gasteiger partial charge >= 0.3 is 7.60 Å². The minimum atomic E-state index is -2.87. The van der Waals surface area contributed by atoms with E-state index in [9.17, 15) is 4.57 Å². The van der Waals surface area contributed by atoms with Crippen molar-refractivity contribution in [2.45, 2.75) is 79.1 Å². The molecule has 3 nitrogen and oxygen atoms in total. The Morgan fingerprint density at radius 2 is 1.35 bits per heavy atom. The highest BCUT2D eigenvalue weighted by molar-refractivity contribution is 7.53. The molecule has 0 rings (SSSR count). The van der Waals surface area contributed by atoms with Gasteiger partial charge in [-0.15, -0.1) is 0 Å². The molecule has 0 aliphatic carbocycles. The molecule has 0 aromatic heterocycles. The quantitative estimate of drug-likeness (QED) is 0.290. The van der Waals surface area contributed by atoms with Crippen molar-refractivity contribution in [3.63, 3.8) is 0 Å². The van der Waals surface area contributed by atoms with Gasteiger partial charge in [-0.05, 0) is 32.6 Å². The van der Waals surface area contributed by atoms with Gasteiger partial charge in [-0.2, -0.15) is 0 Å². The third-order valence-electron chi connectivity index (χ3n) is 3.57. The Hall–Kier alpha value is 0.150. The van der Waals surface area contributed by atoms with Gasteiger partial charge in [-0.3, -0.25) is 4.57 Å². The summed E-state index contributed by atoms with van der Waals surface area (Å²) in [7, 11) is -2.87. The molecule has 0 aromatic carbocycles. The zero-order valence-corrected chi connectivity index (χ0v) is 14.9. The van der Waals surface area contributed by atoms with E-state index in [0.29, 0.717) is 25.3 Å². The molecule has 0 saturated carbocycles. The van der Waals surface area contributed by atoms with Crippen LogP contribution in [0.3, 0.4) is 0 Å². The Morgan fingerprint density at radius 3 is 1.85 bits per heavy atom. The number of unbranched alkanes of at least 4 members (excludes halogenated alkanes) is 4. The Labute approximate surface area is 126 Å². The van der Waals surface area contributed by atoms with Crippen molar-refractivity contribution in [1.29, 1.82) is 0 Å². The predicted octanol–water partition coefficient (Wildman–Crippen LogP) is 6.03. The smallest absolute Gasteiger partial charge is 0.309 e. The summed E-state index contributed by atoms with van der Waals surface area (Å²) in [6.07, 6.45) is 10.4. The third kappa shape index (κ3) is 9.96. The van der Waals surface area contributed by atoms with Crippen LogP contribution in [0.15, 0.2) is 0 Å². The van der Waals surface area contributed by atoms with E-state index in [0.717, 1.165) is 12.8 Å². The zero-order chi connectivity index (χ0) is 15.3. The maximum atomic E-state index is 12.6. The van der Waals surface area contributed by atoms with Crippen LogP contribution in [0.4, 0.5) is 0 Å². The lowest BCUT2D eigenvalue weighted by Crippen LogP contribution is -2.11. The normalized spacial score (nSPS) is 13.6. The molecule has 0 fully saturated rings. The summed E-state index contributed by atoms with van der Waals surface area (Å²) in [5.41, 5.74) is 0. The maximum Gasteiger partial charge on any atom is 0.330 e. The molecule has 0 spiro atoms. The van der Waals surface area contributed by atoms with Crippen molar-refractivity contribution in [1.82, 2.24) is 0 Å². The topological polar surface area (TPSA) is 35.5 Å². The lowest BCUT2D eigenvalue weighted by atomic mass is 9.97. The number of rotatable bonds is 14. The van der Waals surface area contributed by atoms with Crippen molar-refractivity contribution in [2.24, 2.45) is 5.92 Å². The van der Waals surface area contributed by atoms with E-state index >= 15 is 0 Å². The molecule has 1 atom stereocenters. The first-order valence-corrected chi connectivity index (χ1v) is 10.2. The third-order valence-corrected chi connectivity index (χ3v) is 5.83. The van der Waals surface area contributed by atoms with Crippen LogP contribution in [0, 0.1) is 5.92 Å². The molecular formula is C16H35O3P. The summed E-state index contributed by atoms with van der Waals surface area (Å²) in [4.78, 5) is 0. The molecule has 122 valence electrons. The highest BCUT2D eigenvalue weighted by Gasteiger charge is 2.27. The largest absolute Gasteiger partial charge is 0.330 e. The highest BCUT2D eigenvalue weighted by Crippen LogP contribution is 2.50. The van der Waals surface area contributed by atoms with Gasteiger partial charge in [0.05, 0.1) is 19.4 Å². The van der Waals surface area contributed by atoms with E-state index in [1.165, 1.54) is 38.5 Å². The molecule has 0 aliphatic rings. The van der Waals surface area contributed by atoms with Crippen molar-refractivity contribution in [3.8, 4) is 0 Å². The predicted molar refractivity (Wildman–Crippen MR) is 87.5 cm³/mol. The molecular weight excluding hydrogens is 271 g/mol.